The molecule has 0 bridgehead atoms. The van der Waals surface area contributed by atoms with Crippen LogP contribution in [-0.2, 0) is 4.79 Å². The van der Waals surface area contributed by atoms with Crippen molar-refractivity contribution in [3.05, 3.63) is 52.4 Å². The summed E-state index contributed by atoms with van der Waals surface area (Å²) in [4.78, 5) is 43.6. The van der Waals surface area contributed by atoms with Crippen molar-refractivity contribution >= 4 is 40.2 Å². The number of carbonyl (C=O) groups is 1. The Morgan fingerprint density at radius 1 is 1.20 bits per heavy atom. The van der Waals surface area contributed by atoms with Crippen LogP contribution in [0.5, 0.6) is 5.75 Å². The molecule has 1 unspecified atom stereocenters. The Balaban J connectivity index is 1.63. The number of nitrogens with zero attached hydrogens (tertiary/aromatic N) is 9. The van der Waals surface area contributed by atoms with Gasteiger partial charge in [-0.15, -0.1) is 13.2 Å². The highest BCUT2D eigenvalue weighted by Crippen LogP contribution is 2.36. The Bertz CT molecular complexity index is 1700. The number of likely N-dealkylation sites (N-methyl/N-ethyl adjacent to an activating group) is 1. The van der Waals surface area contributed by atoms with Crippen LogP contribution in [0.2, 0.25) is 5.02 Å². The summed E-state index contributed by atoms with van der Waals surface area (Å²) < 4.78 is 44.7. The molecule has 45 heavy (non-hydrogen) atoms. The third-order valence-electron chi connectivity index (χ3n) is 8.04. The number of amides is 1. The minimum atomic E-state index is -5.07. The van der Waals surface area contributed by atoms with Gasteiger partial charge in [0.05, 0.1) is 35.1 Å². The molecule has 2 aliphatic heterocycles. The second kappa shape index (κ2) is 12.9. The van der Waals surface area contributed by atoms with Crippen LogP contribution in [0, 0.1) is 11.3 Å². The molecule has 0 N–H and O–H groups in total. The summed E-state index contributed by atoms with van der Waals surface area (Å²) in [5.74, 6) is -0.434. The van der Waals surface area contributed by atoms with Crippen LogP contribution in [0.3, 0.4) is 0 Å². The van der Waals surface area contributed by atoms with E-state index in [0.717, 1.165) is 17.8 Å². The van der Waals surface area contributed by atoms with E-state index in [-0.39, 0.29) is 59.0 Å². The number of ether oxygens (including phenoxy) is 1. The summed E-state index contributed by atoms with van der Waals surface area (Å²) in [5.41, 5.74) is -1.19. The van der Waals surface area contributed by atoms with Gasteiger partial charge in [-0.1, -0.05) is 38.1 Å². The Hall–Kier alpha value is -4.42. The molecule has 5 rings (SSSR count). The molecular weight excluding hydrogens is 615 g/mol. The Labute approximate surface area is 261 Å². The largest absolute Gasteiger partial charge is 0.573 e. The van der Waals surface area contributed by atoms with E-state index in [0.29, 0.717) is 25.5 Å². The predicted octanol–water partition coefficient (Wildman–Crippen LogP) is 3.37. The number of rotatable bonds is 9. The Morgan fingerprint density at radius 2 is 1.93 bits per heavy atom. The molecule has 2 aliphatic rings. The van der Waals surface area contributed by atoms with Gasteiger partial charge in [0.25, 0.3) is 5.56 Å². The van der Waals surface area contributed by atoms with E-state index in [9.17, 15) is 28.0 Å². The number of fused-ring (bicyclic) bond motifs is 1. The average molecular weight is 646 g/mol. The van der Waals surface area contributed by atoms with E-state index in [1.165, 1.54) is 30.5 Å². The van der Waals surface area contributed by atoms with Crippen molar-refractivity contribution in [1.82, 2.24) is 29.5 Å². The third-order valence-corrected chi connectivity index (χ3v) is 8.34. The molecule has 0 radical (unpaired) electrons. The molecular formula is C29H31ClF3N9O3. The molecule has 3 aromatic rings. The highest BCUT2D eigenvalue weighted by molar-refractivity contribution is 6.32. The standard InChI is InChI=1S/C29H31ClF3N9O3/c1-4-23(43)41-13-12-39(15-18(41)10-11-34)26-20-14-35-42(22-9-7-8-21(30)25(22)45-29(31,32)33)27(44)24(20)36-28(37-26)40-16-19(17-40)38(5-2)6-3/h4,7-9,14,18-19H,1,5-6,10,12-13,15-17H2,2-3H3. The Kier molecular flexibility index (Phi) is 9.17. The lowest BCUT2D eigenvalue weighted by Gasteiger charge is -2.45. The summed E-state index contributed by atoms with van der Waals surface area (Å²) in [7, 11) is 0. The average Bonchev–Trinajstić information content (AvgIpc) is 2.99. The molecule has 238 valence electrons. The van der Waals surface area contributed by atoms with Crippen molar-refractivity contribution in [1.29, 1.82) is 5.26 Å². The van der Waals surface area contributed by atoms with Crippen molar-refractivity contribution < 1.29 is 22.7 Å². The fourth-order valence-corrected chi connectivity index (χ4v) is 5.96. The molecule has 2 fully saturated rings. The van der Waals surface area contributed by atoms with Gasteiger partial charge in [-0.25, -0.2) is 4.98 Å². The number of benzene rings is 1. The fraction of sp³-hybridized carbons (Fsp3) is 0.448. The molecule has 1 amide bonds. The molecule has 1 atom stereocenters. The second-order valence-corrected chi connectivity index (χ2v) is 11.0. The number of hydrogen-bond donors (Lipinski definition) is 0. The topological polar surface area (TPSA) is 124 Å². The molecule has 4 heterocycles. The first-order chi connectivity index (χ1) is 21.5. The SMILES string of the molecule is C=CC(=O)N1CCN(c2nc(N3CC(N(CC)CC)C3)nc3c(=O)n(-c4cccc(Cl)c4OC(F)(F)F)ncc23)CC1CC#N. The van der Waals surface area contributed by atoms with Crippen molar-refractivity contribution in [3.63, 3.8) is 0 Å². The lowest BCUT2D eigenvalue weighted by atomic mass is 10.1. The van der Waals surface area contributed by atoms with Crippen LogP contribution in [0.25, 0.3) is 16.6 Å². The first kappa shape index (κ1) is 32.0. The maximum Gasteiger partial charge on any atom is 0.573 e. The molecule has 12 nitrogen and oxygen atoms in total. The quantitative estimate of drug-likeness (QED) is 0.320. The minimum Gasteiger partial charge on any atom is -0.402 e. The highest BCUT2D eigenvalue weighted by atomic mass is 35.5. The van der Waals surface area contributed by atoms with Gasteiger partial charge in [0, 0.05) is 38.8 Å². The Morgan fingerprint density at radius 3 is 2.58 bits per heavy atom. The number of carbonyl (C=O) groups excluding carboxylic acids is 1. The molecule has 1 aromatic carbocycles. The summed E-state index contributed by atoms with van der Waals surface area (Å²) >= 11 is 6.05. The van der Waals surface area contributed by atoms with Gasteiger partial charge < -0.3 is 19.4 Å². The van der Waals surface area contributed by atoms with Gasteiger partial charge in [0.15, 0.2) is 5.75 Å². The van der Waals surface area contributed by atoms with Gasteiger partial charge in [0.1, 0.15) is 17.0 Å². The maximum atomic E-state index is 14.0. The number of anilines is 2. The summed E-state index contributed by atoms with van der Waals surface area (Å²) in [5, 5.41) is 13.5. The lowest BCUT2D eigenvalue weighted by Crippen LogP contribution is -2.60. The predicted molar refractivity (Wildman–Crippen MR) is 162 cm³/mol. The fourth-order valence-electron chi connectivity index (χ4n) is 5.76. The number of hydrogen-bond acceptors (Lipinski definition) is 10. The number of para-hydroxylation sites is 1. The molecule has 0 aliphatic carbocycles. The summed E-state index contributed by atoms with van der Waals surface area (Å²) in [6, 6.07) is 5.74. The van der Waals surface area contributed by atoms with Crippen molar-refractivity contribution in [2.45, 2.75) is 38.7 Å². The van der Waals surface area contributed by atoms with Crippen molar-refractivity contribution in [3.8, 4) is 17.5 Å². The van der Waals surface area contributed by atoms with Gasteiger partial charge in [-0.05, 0) is 31.3 Å². The minimum absolute atomic E-state index is 0.0609. The van der Waals surface area contributed by atoms with E-state index in [1.807, 2.05) is 9.80 Å². The molecule has 2 saturated heterocycles. The van der Waals surface area contributed by atoms with E-state index in [4.69, 9.17) is 16.6 Å². The van der Waals surface area contributed by atoms with Crippen LogP contribution >= 0.6 is 11.6 Å². The smallest absolute Gasteiger partial charge is 0.402 e. The third kappa shape index (κ3) is 6.38. The van der Waals surface area contributed by atoms with E-state index < -0.39 is 23.7 Å². The van der Waals surface area contributed by atoms with Crippen molar-refractivity contribution in [2.24, 2.45) is 0 Å². The van der Waals surface area contributed by atoms with Crippen LogP contribution < -0.4 is 20.1 Å². The van der Waals surface area contributed by atoms with Crippen LogP contribution in [0.15, 0.2) is 41.8 Å². The number of aromatic nitrogens is 4. The lowest BCUT2D eigenvalue weighted by molar-refractivity contribution is -0.274. The monoisotopic (exact) mass is 645 g/mol. The molecule has 2 aromatic heterocycles. The van der Waals surface area contributed by atoms with Gasteiger partial charge >= 0.3 is 6.36 Å². The first-order valence-corrected chi connectivity index (χ1v) is 14.8. The van der Waals surface area contributed by atoms with E-state index in [2.05, 4.69) is 46.2 Å². The highest BCUT2D eigenvalue weighted by Gasteiger charge is 2.36. The number of nitriles is 1. The molecule has 0 saturated carbocycles. The normalized spacial score (nSPS) is 17.4. The number of halogens is 4. The summed E-state index contributed by atoms with van der Waals surface area (Å²) in [6.45, 7) is 11.5. The first-order valence-electron chi connectivity index (χ1n) is 14.4. The molecule has 0 spiro atoms. The van der Waals surface area contributed by atoms with Gasteiger partial charge in [-0.3, -0.25) is 14.5 Å². The van der Waals surface area contributed by atoms with E-state index in [1.54, 1.807) is 4.90 Å². The van der Waals surface area contributed by atoms with Crippen LogP contribution in [-0.4, -0.2) is 99.7 Å². The van der Waals surface area contributed by atoms with Crippen LogP contribution in [0.1, 0.15) is 20.3 Å². The molecule has 16 heteroatoms. The number of piperazine rings is 1. The van der Waals surface area contributed by atoms with E-state index >= 15 is 0 Å². The van der Waals surface area contributed by atoms with Gasteiger partial charge in [-0.2, -0.15) is 20.0 Å². The zero-order valence-corrected chi connectivity index (χ0v) is 25.4. The summed E-state index contributed by atoms with van der Waals surface area (Å²) in [6.07, 6.45) is -2.50. The van der Waals surface area contributed by atoms with Crippen LogP contribution in [0.4, 0.5) is 24.9 Å². The van der Waals surface area contributed by atoms with Gasteiger partial charge in [0.2, 0.25) is 11.9 Å². The zero-order chi connectivity index (χ0) is 32.5. The van der Waals surface area contributed by atoms with Crippen molar-refractivity contribution in [2.75, 3.05) is 55.6 Å². The number of alkyl halides is 3. The zero-order valence-electron chi connectivity index (χ0n) is 24.7. The second-order valence-electron chi connectivity index (χ2n) is 10.6. The maximum absolute atomic E-state index is 14.0.